The Balaban J connectivity index is 2.30. The number of aliphatic carboxylic acids is 1. The molecule has 1 fully saturated rings. The van der Waals surface area contributed by atoms with Gasteiger partial charge in [-0.2, -0.15) is 0 Å². The predicted molar refractivity (Wildman–Crippen MR) is 60.3 cm³/mol. The van der Waals surface area contributed by atoms with Gasteiger partial charge in [-0.25, -0.2) is 0 Å². The topological polar surface area (TPSA) is 68.7 Å². The number of aromatic nitrogens is 1. The highest BCUT2D eigenvalue weighted by molar-refractivity contribution is 5.78. The van der Waals surface area contributed by atoms with Gasteiger partial charge in [0.25, 0.3) is 0 Å². The van der Waals surface area contributed by atoms with Crippen LogP contribution in [0.3, 0.4) is 0 Å². The molecule has 5 nitrogen and oxygen atoms in total. The van der Waals surface area contributed by atoms with Crippen LogP contribution in [-0.4, -0.2) is 30.3 Å². The Hall–Kier alpha value is -1.78. The van der Waals surface area contributed by atoms with Crippen LogP contribution < -0.4 is 9.47 Å². The lowest BCUT2D eigenvalue weighted by atomic mass is 9.99. The fraction of sp³-hybridized carbons (Fsp3) is 0.500. The smallest absolute Gasteiger partial charge is 0.310 e. The van der Waals surface area contributed by atoms with Crippen LogP contribution in [0.25, 0.3) is 0 Å². The SMILES string of the molecule is COc1ccnc(CC2(C(=O)O)CC2)c1OC. The van der Waals surface area contributed by atoms with Crippen molar-refractivity contribution < 1.29 is 19.4 Å². The molecule has 0 spiro atoms. The minimum Gasteiger partial charge on any atom is -0.493 e. The van der Waals surface area contributed by atoms with Gasteiger partial charge in [-0.1, -0.05) is 0 Å². The Kier molecular flexibility index (Phi) is 2.92. The number of hydrogen-bond donors (Lipinski definition) is 1. The summed E-state index contributed by atoms with van der Waals surface area (Å²) in [5.74, 6) is 0.352. The first-order chi connectivity index (χ1) is 8.13. The third-order valence-corrected chi connectivity index (χ3v) is 3.18. The molecule has 1 aliphatic rings. The maximum atomic E-state index is 11.1. The molecular weight excluding hydrogens is 222 g/mol. The van der Waals surface area contributed by atoms with Crippen LogP contribution in [-0.2, 0) is 11.2 Å². The number of carboxylic acids is 1. The highest BCUT2D eigenvalue weighted by atomic mass is 16.5. The number of ether oxygens (including phenoxy) is 2. The Morgan fingerprint density at radius 3 is 2.65 bits per heavy atom. The van der Waals surface area contributed by atoms with Gasteiger partial charge in [-0.3, -0.25) is 9.78 Å². The standard InChI is InChI=1S/C12H15NO4/c1-16-9-3-6-13-8(10(9)17-2)7-12(4-5-12)11(14)15/h3,6H,4-5,7H2,1-2H3,(H,14,15). The van der Waals surface area contributed by atoms with Gasteiger partial charge in [0.1, 0.15) is 0 Å². The van der Waals surface area contributed by atoms with Crippen LogP contribution in [0.15, 0.2) is 12.3 Å². The highest BCUT2D eigenvalue weighted by Crippen LogP contribution is 2.50. The fourth-order valence-corrected chi connectivity index (χ4v) is 1.91. The predicted octanol–water partition coefficient (Wildman–Crippen LogP) is 1.51. The zero-order valence-corrected chi connectivity index (χ0v) is 9.90. The first kappa shape index (κ1) is 11.7. The minimum absolute atomic E-state index is 0.392. The average molecular weight is 237 g/mol. The third kappa shape index (κ3) is 2.05. The van der Waals surface area contributed by atoms with Crippen molar-refractivity contribution in [3.05, 3.63) is 18.0 Å². The minimum atomic E-state index is -0.760. The van der Waals surface area contributed by atoms with Crippen molar-refractivity contribution in [3.63, 3.8) is 0 Å². The molecule has 17 heavy (non-hydrogen) atoms. The summed E-state index contributed by atoms with van der Waals surface area (Å²) in [6.45, 7) is 0. The van der Waals surface area contributed by atoms with Gasteiger partial charge in [0.05, 0.1) is 25.3 Å². The zero-order valence-electron chi connectivity index (χ0n) is 9.90. The molecule has 0 unspecified atom stereocenters. The van der Waals surface area contributed by atoms with E-state index in [4.69, 9.17) is 14.6 Å². The van der Waals surface area contributed by atoms with Gasteiger partial charge in [0.2, 0.25) is 0 Å². The van der Waals surface area contributed by atoms with E-state index in [0.717, 1.165) is 0 Å². The molecule has 1 saturated carbocycles. The van der Waals surface area contributed by atoms with Crippen molar-refractivity contribution in [2.45, 2.75) is 19.3 Å². The lowest BCUT2D eigenvalue weighted by molar-refractivity contribution is -0.143. The molecule has 2 rings (SSSR count). The summed E-state index contributed by atoms with van der Waals surface area (Å²) in [5, 5.41) is 9.16. The number of methoxy groups -OCH3 is 2. The van der Waals surface area contributed by atoms with Crippen molar-refractivity contribution in [2.75, 3.05) is 14.2 Å². The van der Waals surface area contributed by atoms with Gasteiger partial charge in [-0.15, -0.1) is 0 Å². The van der Waals surface area contributed by atoms with E-state index < -0.39 is 11.4 Å². The monoisotopic (exact) mass is 237 g/mol. The molecule has 5 heteroatoms. The number of hydrogen-bond acceptors (Lipinski definition) is 4. The summed E-state index contributed by atoms with van der Waals surface area (Å²) in [6.07, 6.45) is 3.39. The number of carboxylic acid groups (broad SMARTS) is 1. The molecule has 0 amide bonds. The Morgan fingerprint density at radius 1 is 1.47 bits per heavy atom. The van der Waals surface area contributed by atoms with E-state index in [1.54, 1.807) is 19.4 Å². The van der Waals surface area contributed by atoms with Gasteiger partial charge in [0, 0.05) is 18.7 Å². The first-order valence-corrected chi connectivity index (χ1v) is 5.42. The summed E-state index contributed by atoms with van der Waals surface area (Å²) in [7, 11) is 3.08. The molecule has 1 aromatic rings. The Bertz CT molecular complexity index is 440. The molecule has 0 saturated heterocycles. The van der Waals surface area contributed by atoms with Crippen LogP contribution in [0.4, 0.5) is 0 Å². The van der Waals surface area contributed by atoms with Crippen LogP contribution in [0.2, 0.25) is 0 Å². The van der Waals surface area contributed by atoms with E-state index in [-0.39, 0.29) is 0 Å². The van der Waals surface area contributed by atoms with E-state index in [0.29, 0.717) is 36.5 Å². The summed E-state index contributed by atoms with van der Waals surface area (Å²) in [5.41, 5.74) is -0.00105. The normalized spacial score (nSPS) is 16.4. The molecule has 1 aromatic heterocycles. The number of pyridine rings is 1. The van der Waals surface area contributed by atoms with Crippen LogP contribution in [0.5, 0.6) is 11.5 Å². The molecule has 0 aliphatic heterocycles. The van der Waals surface area contributed by atoms with E-state index in [2.05, 4.69) is 4.98 Å². The molecule has 92 valence electrons. The Morgan fingerprint density at radius 2 is 2.18 bits per heavy atom. The van der Waals surface area contributed by atoms with E-state index in [1.165, 1.54) is 7.11 Å². The van der Waals surface area contributed by atoms with Gasteiger partial charge in [0.15, 0.2) is 11.5 Å². The van der Waals surface area contributed by atoms with E-state index >= 15 is 0 Å². The molecule has 0 atom stereocenters. The summed E-state index contributed by atoms with van der Waals surface area (Å²) < 4.78 is 10.4. The fourth-order valence-electron chi connectivity index (χ4n) is 1.91. The van der Waals surface area contributed by atoms with Crippen LogP contribution in [0, 0.1) is 5.41 Å². The molecule has 0 aromatic carbocycles. The van der Waals surface area contributed by atoms with Crippen molar-refractivity contribution >= 4 is 5.97 Å². The van der Waals surface area contributed by atoms with E-state index in [1.807, 2.05) is 0 Å². The van der Waals surface area contributed by atoms with Crippen LogP contribution in [0.1, 0.15) is 18.5 Å². The lowest BCUT2D eigenvalue weighted by Crippen LogP contribution is -2.18. The number of carbonyl (C=O) groups is 1. The maximum absolute atomic E-state index is 11.1. The lowest BCUT2D eigenvalue weighted by Gasteiger charge is -2.14. The Labute approximate surface area is 99.4 Å². The molecule has 0 radical (unpaired) electrons. The number of rotatable bonds is 5. The quantitative estimate of drug-likeness (QED) is 0.840. The van der Waals surface area contributed by atoms with Crippen molar-refractivity contribution in [1.82, 2.24) is 4.98 Å². The molecular formula is C12H15NO4. The summed E-state index contributed by atoms with van der Waals surface area (Å²) in [4.78, 5) is 15.3. The van der Waals surface area contributed by atoms with Gasteiger partial charge in [-0.05, 0) is 12.8 Å². The highest BCUT2D eigenvalue weighted by Gasteiger charge is 2.51. The second kappa shape index (κ2) is 4.24. The van der Waals surface area contributed by atoms with Crippen molar-refractivity contribution in [2.24, 2.45) is 5.41 Å². The largest absolute Gasteiger partial charge is 0.493 e. The van der Waals surface area contributed by atoms with Crippen molar-refractivity contribution in [3.8, 4) is 11.5 Å². The zero-order chi connectivity index (χ0) is 12.5. The molecule has 1 heterocycles. The first-order valence-electron chi connectivity index (χ1n) is 5.42. The maximum Gasteiger partial charge on any atom is 0.310 e. The molecule has 1 N–H and O–H groups in total. The number of nitrogens with zero attached hydrogens (tertiary/aromatic N) is 1. The summed E-state index contributed by atoms with van der Waals surface area (Å²) >= 11 is 0. The second-order valence-corrected chi connectivity index (χ2v) is 4.26. The average Bonchev–Trinajstić information content (AvgIpc) is 3.09. The second-order valence-electron chi connectivity index (χ2n) is 4.26. The van der Waals surface area contributed by atoms with Crippen molar-refractivity contribution in [1.29, 1.82) is 0 Å². The molecule has 0 bridgehead atoms. The van der Waals surface area contributed by atoms with Crippen LogP contribution >= 0.6 is 0 Å². The molecule has 1 aliphatic carbocycles. The van der Waals surface area contributed by atoms with Gasteiger partial charge < -0.3 is 14.6 Å². The third-order valence-electron chi connectivity index (χ3n) is 3.18. The summed E-state index contributed by atoms with van der Waals surface area (Å²) in [6, 6.07) is 1.70. The van der Waals surface area contributed by atoms with Gasteiger partial charge >= 0.3 is 5.97 Å². The van der Waals surface area contributed by atoms with E-state index in [9.17, 15) is 4.79 Å².